The van der Waals surface area contributed by atoms with Crippen LogP contribution in [0.4, 0.5) is 0 Å². The highest BCUT2D eigenvalue weighted by molar-refractivity contribution is 6.01. The molecule has 2 atom stereocenters. The molecule has 184 valence electrons. The summed E-state index contributed by atoms with van der Waals surface area (Å²) in [4.78, 5) is 34.3. The van der Waals surface area contributed by atoms with E-state index in [4.69, 9.17) is 9.47 Å². The van der Waals surface area contributed by atoms with Gasteiger partial charge in [-0.2, -0.15) is 0 Å². The van der Waals surface area contributed by atoms with Crippen LogP contribution in [0.15, 0.2) is 42.5 Å². The van der Waals surface area contributed by atoms with Crippen molar-refractivity contribution in [1.82, 2.24) is 14.8 Å². The first kappa shape index (κ1) is 23.3. The molecule has 7 heteroatoms. The number of carbonyl (C=O) groups excluding carboxylic acids is 2. The Balaban J connectivity index is 1.69. The summed E-state index contributed by atoms with van der Waals surface area (Å²) in [6.45, 7) is 7.72. The van der Waals surface area contributed by atoms with Crippen molar-refractivity contribution >= 4 is 22.7 Å². The Bertz CT molecular complexity index is 1280. The van der Waals surface area contributed by atoms with Crippen LogP contribution in [-0.4, -0.2) is 59.9 Å². The highest BCUT2D eigenvalue weighted by atomic mass is 16.5. The van der Waals surface area contributed by atoms with E-state index >= 15 is 0 Å². The molecule has 0 saturated carbocycles. The maximum Gasteiger partial charge on any atom is 0.254 e. The number of amides is 2. The zero-order valence-corrected chi connectivity index (χ0v) is 20.9. The molecule has 2 aromatic carbocycles. The molecule has 0 bridgehead atoms. The van der Waals surface area contributed by atoms with Gasteiger partial charge in [0.1, 0.15) is 0 Å². The second-order valence-corrected chi connectivity index (χ2v) is 9.57. The van der Waals surface area contributed by atoms with Gasteiger partial charge in [-0.3, -0.25) is 9.59 Å². The van der Waals surface area contributed by atoms with Crippen LogP contribution in [-0.2, 0) is 15.1 Å². The summed E-state index contributed by atoms with van der Waals surface area (Å²) in [7, 11) is 1.64. The minimum atomic E-state index is -1.07. The molecule has 0 radical (unpaired) electrons. The molecule has 0 unspecified atom stereocenters. The molecule has 35 heavy (non-hydrogen) atoms. The molecule has 3 aromatic rings. The maximum atomic E-state index is 13.8. The number of aromatic amines is 1. The number of nitrogens with one attached hydrogen (secondary N) is 1. The monoisotopic (exact) mass is 475 g/mol. The number of benzene rings is 2. The van der Waals surface area contributed by atoms with Crippen molar-refractivity contribution in [3.8, 4) is 11.5 Å². The van der Waals surface area contributed by atoms with Gasteiger partial charge in [-0.1, -0.05) is 38.1 Å². The van der Waals surface area contributed by atoms with E-state index in [1.807, 2.05) is 50.2 Å². The molecule has 0 aliphatic carbocycles. The van der Waals surface area contributed by atoms with Crippen molar-refractivity contribution in [2.45, 2.75) is 45.1 Å². The van der Waals surface area contributed by atoms with Crippen LogP contribution in [0, 0.1) is 0 Å². The van der Waals surface area contributed by atoms with E-state index in [1.165, 1.54) is 0 Å². The number of nitrogens with zero attached hydrogens (tertiary/aromatic N) is 2. The number of carbonyl (C=O) groups is 2. The number of fused-ring (bicyclic) bond motifs is 5. The number of piperazine rings is 1. The van der Waals surface area contributed by atoms with Crippen LogP contribution in [0.3, 0.4) is 0 Å². The van der Waals surface area contributed by atoms with Crippen LogP contribution in [0.25, 0.3) is 10.9 Å². The van der Waals surface area contributed by atoms with Crippen molar-refractivity contribution in [2.75, 3.05) is 33.4 Å². The van der Waals surface area contributed by atoms with E-state index in [1.54, 1.807) is 16.9 Å². The summed E-state index contributed by atoms with van der Waals surface area (Å²) < 4.78 is 11.5. The molecule has 7 nitrogen and oxygen atoms in total. The SMILES string of the molecule is CCCOc1ccc([C@H]2CN3C(=O)CN(CCC)C(=O)[C@]3(C)c3[nH]c4ccccc4c32)cc1OC. The van der Waals surface area contributed by atoms with Crippen LogP contribution in [0.1, 0.15) is 56.4 Å². The molecule has 1 aromatic heterocycles. The van der Waals surface area contributed by atoms with Crippen molar-refractivity contribution in [3.05, 3.63) is 59.3 Å². The fourth-order valence-corrected chi connectivity index (χ4v) is 5.66. The topological polar surface area (TPSA) is 74.9 Å². The molecular formula is C28H33N3O4. The summed E-state index contributed by atoms with van der Waals surface area (Å²) in [5.74, 6) is 1.21. The third kappa shape index (κ3) is 3.56. The summed E-state index contributed by atoms with van der Waals surface area (Å²) in [6, 6.07) is 14.1. The standard InChI is InChI=1S/C28H33N3O4/c1-5-13-30-17-24(32)31-16-20(18-11-12-22(35-14-6-2)23(15-18)34-4)25-19-9-7-8-10-21(19)29-26(25)28(31,3)27(30)33/h7-12,15,20,29H,5-6,13-14,16-17H2,1-4H3/t20-,28+/m1/s1. The van der Waals surface area contributed by atoms with Crippen molar-refractivity contribution in [1.29, 1.82) is 0 Å². The normalized spacial score (nSPS) is 21.8. The molecular weight excluding hydrogens is 442 g/mol. The van der Waals surface area contributed by atoms with Gasteiger partial charge >= 0.3 is 0 Å². The van der Waals surface area contributed by atoms with Gasteiger partial charge in [-0.05, 0) is 49.1 Å². The predicted octanol–water partition coefficient (Wildman–Crippen LogP) is 4.41. The van der Waals surface area contributed by atoms with Crippen LogP contribution < -0.4 is 9.47 Å². The largest absolute Gasteiger partial charge is 0.493 e. The second kappa shape index (κ2) is 8.95. The third-order valence-electron chi connectivity index (χ3n) is 7.36. The van der Waals surface area contributed by atoms with E-state index in [9.17, 15) is 9.59 Å². The highest BCUT2D eigenvalue weighted by Crippen LogP contribution is 2.48. The summed E-state index contributed by atoms with van der Waals surface area (Å²) >= 11 is 0. The fourth-order valence-electron chi connectivity index (χ4n) is 5.66. The Hall–Kier alpha value is -3.48. The number of rotatable bonds is 7. The highest BCUT2D eigenvalue weighted by Gasteiger charge is 2.56. The zero-order chi connectivity index (χ0) is 24.7. The summed E-state index contributed by atoms with van der Waals surface area (Å²) in [5, 5.41) is 1.08. The van der Waals surface area contributed by atoms with E-state index < -0.39 is 5.54 Å². The molecule has 5 rings (SSSR count). The second-order valence-electron chi connectivity index (χ2n) is 9.57. The number of ether oxygens (including phenoxy) is 2. The zero-order valence-electron chi connectivity index (χ0n) is 20.9. The van der Waals surface area contributed by atoms with Crippen molar-refractivity contribution < 1.29 is 19.1 Å². The Morgan fingerprint density at radius 3 is 2.63 bits per heavy atom. The Morgan fingerprint density at radius 1 is 1.09 bits per heavy atom. The average molecular weight is 476 g/mol. The fraction of sp³-hybridized carbons (Fsp3) is 0.429. The van der Waals surface area contributed by atoms with E-state index in [2.05, 4.69) is 18.0 Å². The average Bonchev–Trinajstić information content (AvgIpc) is 3.27. The van der Waals surface area contributed by atoms with Gasteiger partial charge in [0.15, 0.2) is 17.0 Å². The Kier molecular flexibility index (Phi) is 5.95. The molecule has 0 spiro atoms. The molecule has 2 amide bonds. The van der Waals surface area contributed by atoms with Gasteiger partial charge in [0.2, 0.25) is 5.91 Å². The first-order valence-electron chi connectivity index (χ1n) is 12.5. The van der Waals surface area contributed by atoms with Gasteiger partial charge in [-0.15, -0.1) is 0 Å². The van der Waals surface area contributed by atoms with Gasteiger partial charge in [-0.25, -0.2) is 0 Å². The molecule has 1 N–H and O–H groups in total. The maximum absolute atomic E-state index is 13.8. The van der Waals surface area contributed by atoms with Crippen LogP contribution in [0.2, 0.25) is 0 Å². The first-order chi connectivity index (χ1) is 16.9. The number of hydrogen-bond donors (Lipinski definition) is 1. The first-order valence-corrected chi connectivity index (χ1v) is 12.5. The lowest BCUT2D eigenvalue weighted by Crippen LogP contribution is -2.67. The van der Waals surface area contributed by atoms with Gasteiger partial charge < -0.3 is 24.3 Å². The third-order valence-corrected chi connectivity index (χ3v) is 7.36. The molecule has 1 saturated heterocycles. The van der Waals surface area contributed by atoms with E-state index in [-0.39, 0.29) is 24.3 Å². The lowest BCUT2D eigenvalue weighted by molar-refractivity contribution is -0.166. The minimum absolute atomic E-state index is 0.0221. The number of aromatic nitrogens is 1. The number of hydrogen-bond acceptors (Lipinski definition) is 4. The molecule has 1 fully saturated rings. The lowest BCUT2D eigenvalue weighted by atomic mass is 9.76. The number of para-hydroxylation sites is 1. The summed E-state index contributed by atoms with van der Waals surface area (Å²) in [6.07, 6.45) is 1.72. The molecule has 2 aliphatic heterocycles. The summed E-state index contributed by atoms with van der Waals surface area (Å²) in [5.41, 5.74) is 2.80. The lowest BCUT2D eigenvalue weighted by Gasteiger charge is -2.51. The van der Waals surface area contributed by atoms with Crippen molar-refractivity contribution in [3.63, 3.8) is 0 Å². The van der Waals surface area contributed by atoms with Gasteiger partial charge in [0.25, 0.3) is 5.91 Å². The number of methoxy groups -OCH3 is 1. The quantitative estimate of drug-likeness (QED) is 0.549. The van der Waals surface area contributed by atoms with E-state index in [0.717, 1.165) is 40.6 Å². The number of H-pyrrole nitrogens is 1. The van der Waals surface area contributed by atoms with Crippen LogP contribution in [0.5, 0.6) is 11.5 Å². The van der Waals surface area contributed by atoms with E-state index in [0.29, 0.717) is 31.2 Å². The predicted molar refractivity (Wildman–Crippen MR) is 135 cm³/mol. The van der Waals surface area contributed by atoms with Crippen LogP contribution >= 0.6 is 0 Å². The minimum Gasteiger partial charge on any atom is -0.493 e. The Morgan fingerprint density at radius 2 is 1.89 bits per heavy atom. The molecule has 3 heterocycles. The smallest absolute Gasteiger partial charge is 0.254 e. The van der Waals surface area contributed by atoms with Crippen molar-refractivity contribution in [2.24, 2.45) is 0 Å². The van der Waals surface area contributed by atoms with Gasteiger partial charge in [0.05, 0.1) is 26.0 Å². The molecule has 2 aliphatic rings. The Labute approximate surface area is 206 Å². The van der Waals surface area contributed by atoms with Gasteiger partial charge in [0, 0.05) is 29.9 Å².